The van der Waals surface area contributed by atoms with Crippen LogP contribution in [0.2, 0.25) is 0 Å². The molecular formula is C32H38F2N8O3. The highest BCUT2D eigenvalue weighted by Gasteiger charge is 2.44. The average molecular weight is 621 g/mol. The van der Waals surface area contributed by atoms with Crippen LogP contribution in [0.15, 0.2) is 48.9 Å². The molecule has 0 saturated heterocycles. The number of halogens is 2. The lowest BCUT2D eigenvalue weighted by atomic mass is 10.0. The van der Waals surface area contributed by atoms with Gasteiger partial charge in [0.05, 0.1) is 30.6 Å². The molecule has 5 rings (SSSR count). The van der Waals surface area contributed by atoms with E-state index in [1.165, 1.54) is 31.6 Å². The monoisotopic (exact) mass is 620 g/mol. The highest BCUT2D eigenvalue weighted by Crippen LogP contribution is 2.36. The molecule has 1 atom stereocenters. The quantitative estimate of drug-likeness (QED) is 0.133. The van der Waals surface area contributed by atoms with E-state index in [9.17, 15) is 18.4 Å². The van der Waals surface area contributed by atoms with Gasteiger partial charge < -0.3 is 32.2 Å². The summed E-state index contributed by atoms with van der Waals surface area (Å²) in [6.07, 6.45) is 8.88. The molecule has 1 fully saturated rings. The molecule has 4 aromatic rings. The number of nitrogens with one attached hydrogen (secondary N) is 3. The maximum Gasteiger partial charge on any atom is 0.252 e. The van der Waals surface area contributed by atoms with E-state index in [-0.39, 0.29) is 23.1 Å². The Morgan fingerprint density at radius 3 is 2.64 bits per heavy atom. The molecule has 0 aliphatic heterocycles. The van der Waals surface area contributed by atoms with Crippen LogP contribution in [-0.4, -0.2) is 58.0 Å². The fourth-order valence-corrected chi connectivity index (χ4v) is 5.25. The first-order valence-electron chi connectivity index (χ1n) is 15.0. The third kappa shape index (κ3) is 6.89. The Morgan fingerprint density at radius 2 is 1.93 bits per heavy atom. The molecule has 0 radical (unpaired) electrons. The van der Waals surface area contributed by atoms with Gasteiger partial charge in [-0.25, -0.2) is 14.4 Å². The first kappa shape index (κ1) is 31.8. The number of amides is 2. The number of hydrogen-bond acceptors (Lipinski definition) is 8. The number of carbonyl (C=O) groups excluding carboxylic acids is 2. The molecule has 1 saturated carbocycles. The second kappa shape index (κ2) is 13.6. The Labute approximate surface area is 259 Å². The van der Waals surface area contributed by atoms with Gasteiger partial charge in [-0.15, -0.1) is 0 Å². The number of nitrogens with two attached hydrogens (primary N) is 2. The van der Waals surface area contributed by atoms with Crippen LogP contribution in [-0.2, 0) is 11.2 Å². The van der Waals surface area contributed by atoms with E-state index in [1.807, 2.05) is 13.0 Å². The maximum atomic E-state index is 14.9. The van der Waals surface area contributed by atoms with Gasteiger partial charge in [0.2, 0.25) is 11.7 Å². The van der Waals surface area contributed by atoms with Gasteiger partial charge in [-0.2, -0.15) is 4.39 Å². The van der Waals surface area contributed by atoms with E-state index in [0.29, 0.717) is 54.3 Å². The summed E-state index contributed by atoms with van der Waals surface area (Å²) in [5.41, 5.74) is 13.8. The number of fused-ring (bicyclic) bond motifs is 1. The van der Waals surface area contributed by atoms with Crippen molar-refractivity contribution in [2.24, 2.45) is 11.5 Å². The van der Waals surface area contributed by atoms with E-state index in [2.05, 4.69) is 25.9 Å². The Bertz CT molecular complexity index is 1710. The zero-order valence-corrected chi connectivity index (χ0v) is 25.3. The number of anilines is 2. The minimum atomic E-state index is -1.08. The number of aryl methyl sites for hydroxylation is 1. The van der Waals surface area contributed by atoms with Crippen molar-refractivity contribution in [3.63, 3.8) is 0 Å². The van der Waals surface area contributed by atoms with Crippen LogP contribution in [0.25, 0.3) is 16.9 Å². The topological polar surface area (TPSA) is 162 Å². The molecule has 2 amide bonds. The molecule has 2 aromatic heterocycles. The third-order valence-electron chi connectivity index (χ3n) is 8.10. The zero-order valence-electron chi connectivity index (χ0n) is 25.3. The standard InChI is InChI=1S/C32H38F2N8O3/c1-3-19-16-20(7-8-21(19)30(43)41-32(11-12-32)18-39-31(44)23(36)6-4-5-13-35)40-28-29-38-17-24(42(29)15-14-37-28)22-9-10-25(45-2)27(34)26(22)33/h7-10,14-17,23H,3-6,11-13,18,35-36H2,1-2H3,(H,37,40)(H,39,44)(H,41,43)/t23-/m0/s1. The molecule has 1 aliphatic carbocycles. The van der Waals surface area contributed by atoms with E-state index < -0.39 is 23.2 Å². The molecule has 7 N–H and O–H groups in total. The summed E-state index contributed by atoms with van der Waals surface area (Å²) in [6.45, 7) is 2.84. The van der Waals surface area contributed by atoms with Crippen LogP contribution in [0.5, 0.6) is 5.75 Å². The predicted octanol–water partition coefficient (Wildman–Crippen LogP) is 3.82. The van der Waals surface area contributed by atoms with Gasteiger partial charge in [-0.1, -0.05) is 13.3 Å². The summed E-state index contributed by atoms with van der Waals surface area (Å²) in [6, 6.07) is 7.57. The van der Waals surface area contributed by atoms with Gasteiger partial charge in [-0.05, 0) is 74.5 Å². The molecule has 0 spiro atoms. The largest absolute Gasteiger partial charge is 0.494 e. The van der Waals surface area contributed by atoms with Crippen molar-refractivity contribution >= 4 is 29.0 Å². The van der Waals surface area contributed by atoms with Crippen LogP contribution < -0.4 is 32.2 Å². The minimum Gasteiger partial charge on any atom is -0.494 e. The maximum absolute atomic E-state index is 14.9. The van der Waals surface area contributed by atoms with E-state index in [4.69, 9.17) is 16.2 Å². The molecule has 2 aromatic carbocycles. The van der Waals surface area contributed by atoms with Crippen LogP contribution in [0.3, 0.4) is 0 Å². The van der Waals surface area contributed by atoms with Crippen LogP contribution in [0.4, 0.5) is 20.3 Å². The van der Waals surface area contributed by atoms with Gasteiger partial charge in [0.1, 0.15) is 0 Å². The molecule has 13 heteroatoms. The fraction of sp³-hybridized carbons (Fsp3) is 0.375. The van der Waals surface area contributed by atoms with Gasteiger partial charge in [0.15, 0.2) is 23.0 Å². The molecule has 0 unspecified atom stereocenters. The molecule has 1 aliphatic rings. The first-order chi connectivity index (χ1) is 21.7. The van der Waals surface area contributed by atoms with E-state index >= 15 is 0 Å². The van der Waals surface area contributed by atoms with Crippen molar-refractivity contribution in [3.05, 3.63) is 71.7 Å². The number of aromatic nitrogens is 3. The Kier molecular flexibility index (Phi) is 9.59. The molecule has 2 heterocycles. The number of hydrogen-bond donors (Lipinski definition) is 5. The number of methoxy groups -OCH3 is 1. The van der Waals surface area contributed by atoms with Gasteiger partial charge >= 0.3 is 0 Å². The lowest BCUT2D eigenvalue weighted by Crippen LogP contribution is -2.49. The highest BCUT2D eigenvalue weighted by molar-refractivity contribution is 5.97. The van der Waals surface area contributed by atoms with Crippen molar-refractivity contribution in [2.45, 2.75) is 57.0 Å². The third-order valence-corrected chi connectivity index (χ3v) is 8.10. The van der Waals surface area contributed by atoms with Crippen molar-refractivity contribution in [1.82, 2.24) is 25.0 Å². The molecular weight excluding hydrogens is 582 g/mol. The number of ether oxygens (including phenoxy) is 1. The average Bonchev–Trinajstić information content (AvgIpc) is 3.67. The summed E-state index contributed by atoms with van der Waals surface area (Å²) < 4.78 is 35.8. The second-order valence-corrected chi connectivity index (χ2v) is 11.2. The Hall–Kier alpha value is -4.62. The number of nitrogens with zero attached hydrogens (tertiary/aromatic N) is 3. The van der Waals surface area contributed by atoms with Crippen LogP contribution in [0.1, 0.15) is 54.9 Å². The summed E-state index contributed by atoms with van der Waals surface area (Å²) in [5, 5.41) is 9.24. The minimum absolute atomic E-state index is 0.0277. The molecule has 0 bridgehead atoms. The van der Waals surface area contributed by atoms with Crippen molar-refractivity contribution in [1.29, 1.82) is 0 Å². The van der Waals surface area contributed by atoms with Crippen LogP contribution >= 0.6 is 0 Å². The number of carbonyl (C=O) groups is 2. The van der Waals surface area contributed by atoms with Crippen LogP contribution in [0, 0.1) is 11.6 Å². The molecule has 11 nitrogen and oxygen atoms in total. The number of benzene rings is 2. The molecule has 45 heavy (non-hydrogen) atoms. The Morgan fingerprint density at radius 1 is 1.13 bits per heavy atom. The lowest BCUT2D eigenvalue weighted by Gasteiger charge is -2.21. The number of unbranched alkanes of at least 4 members (excludes halogenated alkanes) is 1. The number of rotatable bonds is 14. The fourth-order valence-electron chi connectivity index (χ4n) is 5.25. The van der Waals surface area contributed by atoms with Gasteiger partial charge in [0, 0.05) is 35.8 Å². The predicted molar refractivity (Wildman–Crippen MR) is 167 cm³/mol. The van der Waals surface area contributed by atoms with Crippen molar-refractivity contribution in [3.8, 4) is 17.0 Å². The summed E-state index contributed by atoms with van der Waals surface area (Å²) >= 11 is 0. The summed E-state index contributed by atoms with van der Waals surface area (Å²) in [4.78, 5) is 34.6. The van der Waals surface area contributed by atoms with E-state index in [0.717, 1.165) is 31.2 Å². The zero-order chi connectivity index (χ0) is 32.1. The summed E-state index contributed by atoms with van der Waals surface area (Å²) in [5.74, 6) is -2.36. The van der Waals surface area contributed by atoms with Gasteiger partial charge in [-0.3, -0.25) is 14.0 Å². The highest BCUT2D eigenvalue weighted by atomic mass is 19.2. The second-order valence-electron chi connectivity index (χ2n) is 11.2. The smallest absolute Gasteiger partial charge is 0.252 e. The van der Waals surface area contributed by atoms with Crippen molar-refractivity contribution in [2.75, 3.05) is 25.5 Å². The first-order valence-corrected chi connectivity index (χ1v) is 15.0. The molecule has 238 valence electrons. The van der Waals surface area contributed by atoms with Gasteiger partial charge in [0.25, 0.3) is 5.91 Å². The normalized spacial score (nSPS) is 14.2. The van der Waals surface area contributed by atoms with E-state index in [1.54, 1.807) is 22.7 Å². The van der Waals surface area contributed by atoms with Crippen molar-refractivity contribution < 1.29 is 23.1 Å². The summed E-state index contributed by atoms with van der Waals surface area (Å²) in [7, 11) is 1.27. The SMILES string of the molecule is CCc1cc(Nc2nccn3c(-c4ccc(OC)c(F)c4F)cnc23)ccc1C(=O)NC1(CNC(=O)[C@@H](N)CCCCN)CC1. The lowest BCUT2D eigenvalue weighted by molar-refractivity contribution is -0.122. The number of imidazole rings is 1. The Balaban J connectivity index is 1.28.